The lowest BCUT2D eigenvalue weighted by Gasteiger charge is -1.83. The van der Waals surface area contributed by atoms with Gasteiger partial charge in [-0.25, -0.2) is 4.98 Å². The second-order valence-electron chi connectivity index (χ2n) is 2.07. The lowest BCUT2D eigenvalue weighted by Crippen LogP contribution is -1.81. The van der Waals surface area contributed by atoms with E-state index in [9.17, 15) is 0 Å². The van der Waals surface area contributed by atoms with E-state index in [2.05, 4.69) is 15.2 Å². The van der Waals surface area contributed by atoms with Crippen LogP contribution in [0.4, 0.5) is 5.82 Å². The fourth-order valence-corrected chi connectivity index (χ4v) is 0.812. The molecule has 3 N–H and O–H groups in total. The first-order valence-electron chi connectivity index (χ1n) is 3.06. The fourth-order valence-electron chi connectivity index (χ4n) is 0.812. The summed E-state index contributed by atoms with van der Waals surface area (Å²) < 4.78 is 4.99. The van der Waals surface area contributed by atoms with Crippen LogP contribution in [0.25, 0.3) is 11.5 Å². The van der Waals surface area contributed by atoms with E-state index in [1.165, 1.54) is 6.39 Å². The summed E-state index contributed by atoms with van der Waals surface area (Å²) in [4.78, 5) is 3.75. The van der Waals surface area contributed by atoms with Gasteiger partial charge in [0, 0.05) is 6.07 Å². The minimum absolute atomic E-state index is 0.441. The molecule has 2 rings (SSSR count). The summed E-state index contributed by atoms with van der Waals surface area (Å²) in [5, 5.41) is 6.44. The van der Waals surface area contributed by atoms with Crippen LogP contribution in [0.3, 0.4) is 0 Å². The average Bonchev–Trinajstić information content (AvgIpc) is 2.55. The highest BCUT2D eigenvalue weighted by molar-refractivity contribution is 5.54. The zero-order valence-electron chi connectivity index (χ0n) is 5.61. The van der Waals surface area contributed by atoms with Crippen LogP contribution < -0.4 is 5.73 Å². The van der Waals surface area contributed by atoms with Gasteiger partial charge in [0.05, 0.1) is 6.20 Å². The van der Waals surface area contributed by atoms with Gasteiger partial charge in [0.2, 0.25) is 0 Å². The third kappa shape index (κ3) is 0.958. The van der Waals surface area contributed by atoms with E-state index in [0.29, 0.717) is 11.6 Å². The Morgan fingerprint density at radius 3 is 3.00 bits per heavy atom. The van der Waals surface area contributed by atoms with Crippen molar-refractivity contribution in [1.82, 2.24) is 15.2 Å². The predicted molar refractivity (Wildman–Crippen MR) is 38.5 cm³/mol. The molecule has 0 aliphatic heterocycles. The van der Waals surface area contributed by atoms with Crippen molar-refractivity contribution in [2.75, 3.05) is 5.73 Å². The van der Waals surface area contributed by atoms with Crippen molar-refractivity contribution in [3.05, 3.63) is 18.7 Å². The van der Waals surface area contributed by atoms with E-state index in [0.717, 1.165) is 5.69 Å². The maximum absolute atomic E-state index is 5.38. The maximum Gasteiger partial charge on any atom is 0.181 e. The molecule has 5 nitrogen and oxygen atoms in total. The summed E-state index contributed by atoms with van der Waals surface area (Å²) >= 11 is 0. The third-order valence-corrected chi connectivity index (χ3v) is 1.30. The highest BCUT2D eigenvalue weighted by Crippen LogP contribution is 2.16. The van der Waals surface area contributed by atoms with Crippen LogP contribution in [0.5, 0.6) is 0 Å². The maximum atomic E-state index is 5.38. The standard InChI is InChI=1S/C6H6N4O/c7-6-1-4(9-10-6)5-2-8-3-11-5/h1-3H,(H3,7,9,10). The van der Waals surface area contributed by atoms with E-state index in [1.807, 2.05) is 0 Å². The molecule has 0 aliphatic carbocycles. The van der Waals surface area contributed by atoms with Crippen LogP contribution in [0.15, 0.2) is 23.1 Å². The number of aromatic nitrogens is 3. The van der Waals surface area contributed by atoms with Gasteiger partial charge in [0.1, 0.15) is 11.5 Å². The van der Waals surface area contributed by atoms with Gasteiger partial charge in [-0.3, -0.25) is 5.10 Å². The van der Waals surface area contributed by atoms with Crippen molar-refractivity contribution >= 4 is 5.82 Å². The Kier molecular flexibility index (Phi) is 1.15. The van der Waals surface area contributed by atoms with Crippen molar-refractivity contribution in [1.29, 1.82) is 0 Å². The number of hydrogen-bond acceptors (Lipinski definition) is 4. The molecule has 0 unspecified atom stereocenters. The van der Waals surface area contributed by atoms with Gasteiger partial charge < -0.3 is 10.2 Å². The molecule has 0 radical (unpaired) electrons. The summed E-state index contributed by atoms with van der Waals surface area (Å²) in [6.07, 6.45) is 2.94. The topological polar surface area (TPSA) is 80.7 Å². The van der Waals surface area contributed by atoms with Gasteiger partial charge in [0.25, 0.3) is 0 Å². The third-order valence-electron chi connectivity index (χ3n) is 1.30. The molecule has 0 saturated heterocycles. The number of rotatable bonds is 1. The zero-order valence-corrected chi connectivity index (χ0v) is 5.61. The first-order chi connectivity index (χ1) is 5.36. The molecule has 2 aromatic rings. The van der Waals surface area contributed by atoms with Gasteiger partial charge in [-0.2, -0.15) is 5.10 Å². The van der Waals surface area contributed by atoms with E-state index < -0.39 is 0 Å². The molecule has 0 aromatic carbocycles. The van der Waals surface area contributed by atoms with Crippen LogP contribution in [-0.2, 0) is 0 Å². The molecule has 5 heteroatoms. The minimum atomic E-state index is 0.441. The Morgan fingerprint density at radius 1 is 1.55 bits per heavy atom. The number of nitrogen functional groups attached to an aromatic ring is 1. The Morgan fingerprint density at radius 2 is 2.45 bits per heavy atom. The SMILES string of the molecule is Nc1cc(-c2cnco2)[nH]n1. The molecule has 0 bridgehead atoms. The number of nitrogens with zero attached hydrogens (tertiary/aromatic N) is 2. The van der Waals surface area contributed by atoms with Crippen molar-refractivity contribution in [2.24, 2.45) is 0 Å². The Balaban J connectivity index is 2.45. The largest absolute Gasteiger partial charge is 0.442 e. The predicted octanol–water partition coefficient (Wildman–Crippen LogP) is 0.647. The first kappa shape index (κ1) is 5.96. The molecule has 0 saturated carbocycles. The lowest BCUT2D eigenvalue weighted by molar-refractivity contribution is 0.569. The number of oxazole rings is 1. The summed E-state index contributed by atoms with van der Waals surface area (Å²) in [7, 11) is 0. The molecule has 0 aliphatic rings. The lowest BCUT2D eigenvalue weighted by atomic mass is 10.3. The van der Waals surface area contributed by atoms with Crippen molar-refractivity contribution in [3.8, 4) is 11.5 Å². The summed E-state index contributed by atoms with van der Waals surface area (Å²) in [5.74, 6) is 1.07. The number of aromatic amines is 1. The quantitative estimate of drug-likeness (QED) is 0.625. The number of anilines is 1. The Bertz CT molecular complexity index is 337. The second kappa shape index (κ2) is 2.12. The van der Waals surface area contributed by atoms with Crippen LogP contribution in [0.2, 0.25) is 0 Å². The average molecular weight is 150 g/mol. The molecule has 11 heavy (non-hydrogen) atoms. The Hall–Kier alpha value is -1.78. The number of nitrogens with two attached hydrogens (primary N) is 1. The molecule has 0 amide bonds. The first-order valence-corrected chi connectivity index (χ1v) is 3.06. The molecule has 56 valence electrons. The summed E-state index contributed by atoms with van der Waals surface area (Å²) in [6, 6.07) is 1.68. The van der Waals surface area contributed by atoms with Crippen molar-refractivity contribution in [2.45, 2.75) is 0 Å². The highest BCUT2D eigenvalue weighted by Gasteiger charge is 2.02. The normalized spacial score (nSPS) is 10.2. The Labute approximate surface area is 62.2 Å². The number of nitrogens with one attached hydrogen (secondary N) is 1. The zero-order chi connectivity index (χ0) is 7.68. The van der Waals surface area contributed by atoms with Gasteiger partial charge in [0.15, 0.2) is 12.2 Å². The fraction of sp³-hybridized carbons (Fsp3) is 0. The van der Waals surface area contributed by atoms with Gasteiger partial charge >= 0.3 is 0 Å². The summed E-state index contributed by atoms with van der Waals surface area (Å²) in [5.41, 5.74) is 6.12. The van der Waals surface area contributed by atoms with E-state index in [-0.39, 0.29) is 0 Å². The van der Waals surface area contributed by atoms with Crippen LogP contribution >= 0.6 is 0 Å². The van der Waals surface area contributed by atoms with Gasteiger partial charge in [-0.1, -0.05) is 0 Å². The molecule has 0 spiro atoms. The summed E-state index contributed by atoms with van der Waals surface area (Å²) in [6.45, 7) is 0. The highest BCUT2D eigenvalue weighted by atomic mass is 16.3. The second-order valence-corrected chi connectivity index (χ2v) is 2.07. The molecular formula is C6H6N4O. The molecule has 0 fully saturated rings. The smallest absolute Gasteiger partial charge is 0.181 e. The van der Waals surface area contributed by atoms with Crippen LogP contribution in [0.1, 0.15) is 0 Å². The van der Waals surface area contributed by atoms with Gasteiger partial charge in [-0.05, 0) is 0 Å². The van der Waals surface area contributed by atoms with Crippen molar-refractivity contribution < 1.29 is 4.42 Å². The molecular weight excluding hydrogens is 144 g/mol. The van der Waals surface area contributed by atoms with E-state index in [1.54, 1.807) is 12.3 Å². The number of H-pyrrole nitrogens is 1. The number of hydrogen-bond donors (Lipinski definition) is 2. The molecule has 2 heterocycles. The van der Waals surface area contributed by atoms with E-state index in [4.69, 9.17) is 10.2 Å². The van der Waals surface area contributed by atoms with Crippen LogP contribution in [-0.4, -0.2) is 15.2 Å². The van der Waals surface area contributed by atoms with Crippen LogP contribution in [0, 0.1) is 0 Å². The van der Waals surface area contributed by atoms with Crippen molar-refractivity contribution in [3.63, 3.8) is 0 Å². The van der Waals surface area contributed by atoms with Gasteiger partial charge in [-0.15, -0.1) is 0 Å². The minimum Gasteiger partial charge on any atom is -0.442 e. The molecule has 0 atom stereocenters. The molecule has 2 aromatic heterocycles. The van der Waals surface area contributed by atoms with E-state index >= 15 is 0 Å². The monoisotopic (exact) mass is 150 g/mol.